The molecule has 0 aromatic carbocycles. The van der Waals surface area contributed by atoms with Gasteiger partial charge in [0.25, 0.3) is 0 Å². The van der Waals surface area contributed by atoms with Crippen molar-refractivity contribution in [1.29, 1.82) is 0 Å². The highest BCUT2D eigenvalue weighted by molar-refractivity contribution is 5.75. The van der Waals surface area contributed by atoms with Crippen LogP contribution in [-0.2, 0) is 4.79 Å². The van der Waals surface area contributed by atoms with Crippen LogP contribution in [0.3, 0.4) is 0 Å². The Morgan fingerprint density at radius 1 is 0.941 bits per heavy atom. The molecule has 0 fully saturated rings. The van der Waals surface area contributed by atoms with Crippen LogP contribution in [0.2, 0.25) is 0 Å². The van der Waals surface area contributed by atoms with Crippen LogP contribution in [0.4, 0.5) is 0 Å². The lowest BCUT2D eigenvalue weighted by atomic mass is 10.1. The Bertz CT molecular complexity index is 172. The molecule has 0 aliphatic heterocycles. The molecule has 102 valence electrons. The molecule has 3 heteroatoms. The highest BCUT2D eigenvalue weighted by atomic mass is 16.1. The van der Waals surface area contributed by atoms with Crippen molar-refractivity contribution in [1.82, 2.24) is 5.32 Å². The first kappa shape index (κ1) is 16.4. The van der Waals surface area contributed by atoms with Crippen molar-refractivity contribution in [3.63, 3.8) is 0 Å². The van der Waals surface area contributed by atoms with Gasteiger partial charge in [0.1, 0.15) is 0 Å². The molecule has 0 aromatic heterocycles. The molecular formula is C14H30N2O. The van der Waals surface area contributed by atoms with Gasteiger partial charge in [-0.3, -0.25) is 4.79 Å². The predicted octanol–water partition coefficient (Wildman–Crippen LogP) is 2.98. The normalized spacial score (nSPS) is 10.5. The van der Waals surface area contributed by atoms with E-state index in [9.17, 15) is 4.79 Å². The first-order valence-electron chi connectivity index (χ1n) is 7.28. The van der Waals surface area contributed by atoms with E-state index in [0.29, 0.717) is 6.42 Å². The number of nitrogens with two attached hydrogens (primary N) is 1. The molecule has 0 saturated heterocycles. The van der Waals surface area contributed by atoms with Gasteiger partial charge in [-0.15, -0.1) is 0 Å². The van der Waals surface area contributed by atoms with Crippen molar-refractivity contribution in [2.45, 2.75) is 71.1 Å². The number of nitrogens with one attached hydrogen (secondary N) is 1. The zero-order valence-corrected chi connectivity index (χ0v) is 11.5. The van der Waals surface area contributed by atoms with Crippen molar-refractivity contribution in [3.05, 3.63) is 0 Å². The fourth-order valence-electron chi connectivity index (χ4n) is 1.83. The Morgan fingerprint density at radius 2 is 1.59 bits per heavy atom. The number of hydrogen-bond donors (Lipinski definition) is 2. The third-order valence-corrected chi connectivity index (χ3v) is 2.96. The van der Waals surface area contributed by atoms with Gasteiger partial charge in [-0.2, -0.15) is 0 Å². The number of unbranched alkanes of at least 4 members (excludes halogenated alkanes) is 7. The van der Waals surface area contributed by atoms with E-state index in [1.165, 1.54) is 32.1 Å². The van der Waals surface area contributed by atoms with Crippen LogP contribution in [0.5, 0.6) is 0 Å². The number of carbonyl (C=O) groups is 1. The average Bonchev–Trinajstić information content (AvgIpc) is 2.33. The largest absolute Gasteiger partial charge is 0.356 e. The minimum atomic E-state index is 0.216. The van der Waals surface area contributed by atoms with E-state index in [2.05, 4.69) is 12.2 Å². The van der Waals surface area contributed by atoms with Gasteiger partial charge < -0.3 is 11.1 Å². The summed E-state index contributed by atoms with van der Waals surface area (Å²) in [7, 11) is 0. The van der Waals surface area contributed by atoms with Crippen molar-refractivity contribution in [2.24, 2.45) is 5.73 Å². The zero-order chi connectivity index (χ0) is 12.8. The summed E-state index contributed by atoms with van der Waals surface area (Å²) in [5.74, 6) is 0.216. The SMILES string of the molecule is CCCCCCCCC(=O)NCCCCCN. The molecule has 0 saturated carbocycles. The van der Waals surface area contributed by atoms with Gasteiger partial charge >= 0.3 is 0 Å². The number of carbonyl (C=O) groups excluding carboxylic acids is 1. The topological polar surface area (TPSA) is 55.1 Å². The van der Waals surface area contributed by atoms with Crippen molar-refractivity contribution in [3.8, 4) is 0 Å². The molecule has 0 radical (unpaired) electrons. The van der Waals surface area contributed by atoms with E-state index in [0.717, 1.165) is 38.8 Å². The standard InChI is InChI=1S/C14H30N2O/c1-2-3-4-5-6-8-11-14(17)16-13-10-7-9-12-15/h2-13,15H2,1H3,(H,16,17). The van der Waals surface area contributed by atoms with E-state index in [1.54, 1.807) is 0 Å². The number of rotatable bonds is 12. The van der Waals surface area contributed by atoms with Gasteiger partial charge in [-0.1, -0.05) is 45.4 Å². The highest BCUT2D eigenvalue weighted by Gasteiger charge is 1.99. The molecule has 0 atom stereocenters. The molecule has 0 rings (SSSR count). The lowest BCUT2D eigenvalue weighted by Gasteiger charge is -2.04. The van der Waals surface area contributed by atoms with Crippen LogP contribution < -0.4 is 11.1 Å². The second-order valence-electron chi connectivity index (χ2n) is 4.72. The van der Waals surface area contributed by atoms with Gasteiger partial charge in [0.05, 0.1) is 0 Å². The molecule has 0 spiro atoms. The third kappa shape index (κ3) is 13.4. The van der Waals surface area contributed by atoms with Crippen molar-refractivity contribution < 1.29 is 4.79 Å². The zero-order valence-electron chi connectivity index (χ0n) is 11.5. The smallest absolute Gasteiger partial charge is 0.219 e. The van der Waals surface area contributed by atoms with Gasteiger partial charge in [0.15, 0.2) is 0 Å². The lowest BCUT2D eigenvalue weighted by molar-refractivity contribution is -0.121. The summed E-state index contributed by atoms with van der Waals surface area (Å²) in [5.41, 5.74) is 5.40. The summed E-state index contributed by atoms with van der Waals surface area (Å²) >= 11 is 0. The molecule has 1 amide bonds. The first-order chi connectivity index (χ1) is 8.31. The minimum absolute atomic E-state index is 0.216. The Kier molecular flexibility index (Phi) is 13.0. The molecule has 0 aliphatic carbocycles. The summed E-state index contributed by atoms with van der Waals surface area (Å²) in [5, 5.41) is 2.96. The summed E-state index contributed by atoms with van der Waals surface area (Å²) in [6.07, 6.45) is 11.4. The van der Waals surface area contributed by atoms with E-state index < -0.39 is 0 Å². The first-order valence-corrected chi connectivity index (χ1v) is 7.28. The van der Waals surface area contributed by atoms with Gasteiger partial charge in [-0.05, 0) is 25.8 Å². The van der Waals surface area contributed by atoms with E-state index >= 15 is 0 Å². The fourth-order valence-corrected chi connectivity index (χ4v) is 1.83. The van der Waals surface area contributed by atoms with Gasteiger partial charge in [-0.25, -0.2) is 0 Å². The van der Waals surface area contributed by atoms with Crippen LogP contribution in [0.15, 0.2) is 0 Å². The van der Waals surface area contributed by atoms with Crippen LogP contribution in [0.1, 0.15) is 71.1 Å². The van der Waals surface area contributed by atoms with Crippen LogP contribution >= 0.6 is 0 Å². The maximum atomic E-state index is 11.4. The van der Waals surface area contributed by atoms with E-state index in [-0.39, 0.29) is 5.91 Å². The maximum Gasteiger partial charge on any atom is 0.219 e. The molecule has 3 nitrogen and oxygen atoms in total. The Hall–Kier alpha value is -0.570. The van der Waals surface area contributed by atoms with E-state index in [4.69, 9.17) is 5.73 Å². The second-order valence-corrected chi connectivity index (χ2v) is 4.72. The maximum absolute atomic E-state index is 11.4. The minimum Gasteiger partial charge on any atom is -0.356 e. The van der Waals surface area contributed by atoms with E-state index in [1.807, 2.05) is 0 Å². The Morgan fingerprint density at radius 3 is 2.29 bits per heavy atom. The van der Waals surface area contributed by atoms with Gasteiger partial charge in [0, 0.05) is 13.0 Å². The lowest BCUT2D eigenvalue weighted by Crippen LogP contribution is -2.24. The number of hydrogen-bond acceptors (Lipinski definition) is 2. The highest BCUT2D eigenvalue weighted by Crippen LogP contribution is 2.06. The van der Waals surface area contributed by atoms with Crippen LogP contribution in [-0.4, -0.2) is 19.0 Å². The van der Waals surface area contributed by atoms with Gasteiger partial charge in [0.2, 0.25) is 5.91 Å². The molecule has 3 N–H and O–H groups in total. The van der Waals surface area contributed by atoms with Crippen LogP contribution in [0, 0.1) is 0 Å². The van der Waals surface area contributed by atoms with Crippen molar-refractivity contribution in [2.75, 3.05) is 13.1 Å². The summed E-state index contributed by atoms with van der Waals surface area (Å²) in [4.78, 5) is 11.4. The monoisotopic (exact) mass is 242 g/mol. The second kappa shape index (κ2) is 13.5. The molecular weight excluding hydrogens is 212 g/mol. The Labute approximate surface area is 107 Å². The summed E-state index contributed by atoms with van der Waals surface area (Å²) in [6, 6.07) is 0. The third-order valence-electron chi connectivity index (χ3n) is 2.96. The average molecular weight is 242 g/mol. The summed E-state index contributed by atoms with van der Waals surface area (Å²) in [6.45, 7) is 3.79. The molecule has 0 aliphatic rings. The summed E-state index contributed by atoms with van der Waals surface area (Å²) < 4.78 is 0. The quantitative estimate of drug-likeness (QED) is 0.517. The number of amides is 1. The van der Waals surface area contributed by atoms with Crippen molar-refractivity contribution >= 4 is 5.91 Å². The molecule has 0 aromatic rings. The molecule has 0 unspecified atom stereocenters. The Balaban J connectivity index is 3.12. The predicted molar refractivity (Wildman–Crippen MR) is 73.9 cm³/mol. The fraction of sp³-hybridized carbons (Fsp3) is 0.929. The molecule has 0 heterocycles. The molecule has 0 bridgehead atoms. The van der Waals surface area contributed by atoms with Crippen LogP contribution in [0.25, 0.3) is 0 Å². The molecule has 17 heavy (non-hydrogen) atoms.